The fraction of sp³-hybridized carbons (Fsp3) is 0.667. The molecule has 1 aromatic heterocycles. The number of hydrogen-bond acceptors (Lipinski definition) is 3. The van der Waals surface area contributed by atoms with E-state index in [0.29, 0.717) is 11.6 Å². The van der Waals surface area contributed by atoms with Gasteiger partial charge in [-0.25, -0.2) is 0 Å². The number of nitrogens with zero attached hydrogens (tertiary/aromatic N) is 2. The molecule has 2 aliphatic rings. The summed E-state index contributed by atoms with van der Waals surface area (Å²) < 4.78 is 0. The first-order chi connectivity index (χ1) is 10.8. The van der Waals surface area contributed by atoms with Gasteiger partial charge in [-0.15, -0.1) is 0 Å². The zero-order chi connectivity index (χ0) is 15.2. The van der Waals surface area contributed by atoms with E-state index in [0.717, 1.165) is 31.6 Å². The first kappa shape index (κ1) is 15.3. The van der Waals surface area contributed by atoms with E-state index in [4.69, 9.17) is 0 Å². The number of aromatic nitrogens is 1. The molecule has 1 saturated carbocycles. The lowest BCUT2D eigenvalue weighted by molar-refractivity contribution is 0.0933. The molecule has 1 aliphatic carbocycles. The molecule has 1 amide bonds. The van der Waals surface area contributed by atoms with Gasteiger partial charge in [0.05, 0.1) is 17.4 Å². The molecule has 1 N–H and O–H groups in total. The number of pyridine rings is 1. The molecule has 22 heavy (non-hydrogen) atoms. The molecular formula is C18H27N3O. The molecule has 4 nitrogen and oxygen atoms in total. The Kier molecular flexibility index (Phi) is 5.30. The van der Waals surface area contributed by atoms with Crippen LogP contribution in [-0.2, 0) is 0 Å². The molecule has 1 aromatic rings. The predicted molar refractivity (Wildman–Crippen MR) is 89.3 cm³/mol. The van der Waals surface area contributed by atoms with E-state index in [1.54, 1.807) is 6.20 Å². The molecular weight excluding hydrogens is 274 g/mol. The topological polar surface area (TPSA) is 45.2 Å². The van der Waals surface area contributed by atoms with Crippen LogP contribution in [0.3, 0.4) is 0 Å². The van der Waals surface area contributed by atoms with Crippen LogP contribution in [0, 0.1) is 0 Å². The first-order valence-electron chi connectivity index (χ1n) is 8.84. The first-order valence-corrected chi connectivity index (χ1v) is 8.84. The summed E-state index contributed by atoms with van der Waals surface area (Å²) in [6, 6.07) is 2.35. The zero-order valence-corrected chi connectivity index (χ0v) is 13.4. The number of carbonyl (C=O) groups is 1. The monoisotopic (exact) mass is 301 g/mol. The number of amides is 1. The van der Waals surface area contributed by atoms with Crippen molar-refractivity contribution in [2.75, 3.05) is 18.0 Å². The van der Waals surface area contributed by atoms with Gasteiger partial charge in [0.15, 0.2) is 0 Å². The molecule has 0 aromatic carbocycles. The van der Waals surface area contributed by atoms with Crippen molar-refractivity contribution in [2.24, 2.45) is 0 Å². The van der Waals surface area contributed by atoms with Crippen LogP contribution in [0.2, 0.25) is 0 Å². The largest absolute Gasteiger partial charge is 0.370 e. The smallest absolute Gasteiger partial charge is 0.253 e. The molecule has 120 valence electrons. The number of carbonyl (C=O) groups excluding carboxylic acids is 1. The number of hydrogen-bond donors (Lipinski definition) is 1. The maximum absolute atomic E-state index is 12.5. The highest BCUT2D eigenvalue weighted by Gasteiger charge is 2.17. The third-order valence-electron chi connectivity index (χ3n) is 4.90. The SMILES string of the molecule is O=C(NC1CCCCCC1)c1cncc(N2CCCCC2)c1. The van der Waals surface area contributed by atoms with Gasteiger partial charge < -0.3 is 10.2 Å². The number of rotatable bonds is 3. The van der Waals surface area contributed by atoms with E-state index in [1.807, 2.05) is 12.3 Å². The minimum Gasteiger partial charge on any atom is -0.370 e. The summed E-state index contributed by atoms with van der Waals surface area (Å²) in [6.45, 7) is 2.16. The summed E-state index contributed by atoms with van der Waals surface area (Å²) in [7, 11) is 0. The summed E-state index contributed by atoms with van der Waals surface area (Å²) >= 11 is 0. The third kappa shape index (κ3) is 3.99. The van der Waals surface area contributed by atoms with E-state index in [1.165, 1.54) is 44.9 Å². The summed E-state index contributed by atoms with van der Waals surface area (Å²) in [6.07, 6.45) is 14.7. The van der Waals surface area contributed by atoms with Gasteiger partial charge in [-0.3, -0.25) is 9.78 Å². The fourth-order valence-corrected chi connectivity index (χ4v) is 3.57. The molecule has 4 heteroatoms. The van der Waals surface area contributed by atoms with Gasteiger partial charge in [-0.05, 0) is 38.2 Å². The van der Waals surface area contributed by atoms with E-state index >= 15 is 0 Å². The number of piperidine rings is 1. The second-order valence-corrected chi connectivity index (χ2v) is 6.64. The predicted octanol–water partition coefficient (Wildman–Crippen LogP) is 3.52. The summed E-state index contributed by atoms with van der Waals surface area (Å²) in [5, 5.41) is 3.21. The third-order valence-corrected chi connectivity index (χ3v) is 4.90. The van der Waals surface area contributed by atoms with E-state index in [2.05, 4.69) is 15.2 Å². The van der Waals surface area contributed by atoms with Crippen molar-refractivity contribution in [3.63, 3.8) is 0 Å². The highest BCUT2D eigenvalue weighted by atomic mass is 16.1. The summed E-state index contributed by atoms with van der Waals surface area (Å²) in [4.78, 5) is 19.1. The van der Waals surface area contributed by atoms with Crippen molar-refractivity contribution in [1.82, 2.24) is 10.3 Å². The van der Waals surface area contributed by atoms with E-state index in [-0.39, 0.29) is 5.91 Å². The lowest BCUT2D eigenvalue weighted by Gasteiger charge is -2.28. The molecule has 2 fully saturated rings. The van der Waals surface area contributed by atoms with Crippen molar-refractivity contribution in [3.05, 3.63) is 24.0 Å². The van der Waals surface area contributed by atoms with Crippen LogP contribution in [0.25, 0.3) is 0 Å². The van der Waals surface area contributed by atoms with Gasteiger partial charge in [-0.1, -0.05) is 25.7 Å². The lowest BCUT2D eigenvalue weighted by Crippen LogP contribution is -2.35. The minimum absolute atomic E-state index is 0.0401. The van der Waals surface area contributed by atoms with Crippen molar-refractivity contribution >= 4 is 11.6 Å². The van der Waals surface area contributed by atoms with Crippen LogP contribution in [0.4, 0.5) is 5.69 Å². The molecule has 0 atom stereocenters. The molecule has 0 unspecified atom stereocenters. The average molecular weight is 301 g/mol. The Morgan fingerprint density at radius 2 is 1.68 bits per heavy atom. The Morgan fingerprint density at radius 3 is 2.41 bits per heavy atom. The summed E-state index contributed by atoms with van der Waals surface area (Å²) in [5.41, 5.74) is 1.79. The Morgan fingerprint density at radius 1 is 1.00 bits per heavy atom. The van der Waals surface area contributed by atoms with Crippen LogP contribution in [-0.4, -0.2) is 30.0 Å². The van der Waals surface area contributed by atoms with Crippen LogP contribution >= 0.6 is 0 Å². The molecule has 0 spiro atoms. The van der Waals surface area contributed by atoms with Gasteiger partial charge in [0.1, 0.15) is 0 Å². The maximum atomic E-state index is 12.5. The van der Waals surface area contributed by atoms with Crippen molar-refractivity contribution < 1.29 is 4.79 Å². The van der Waals surface area contributed by atoms with Crippen molar-refractivity contribution in [2.45, 2.75) is 63.8 Å². The summed E-state index contributed by atoms with van der Waals surface area (Å²) in [5.74, 6) is 0.0401. The van der Waals surface area contributed by atoms with Crippen molar-refractivity contribution in [3.8, 4) is 0 Å². The molecule has 3 rings (SSSR count). The van der Waals surface area contributed by atoms with E-state index in [9.17, 15) is 4.79 Å². The Bertz CT molecular complexity index is 489. The molecule has 0 bridgehead atoms. The standard InChI is InChI=1S/C18H27N3O/c22-18(20-16-8-4-1-2-5-9-16)15-12-17(14-19-13-15)21-10-6-3-7-11-21/h12-14,16H,1-11H2,(H,20,22). The number of anilines is 1. The Labute approximate surface area is 133 Å². The molecule has 2 heterocycles. The fourth-order valence-electron chi connectivity index (χ4n) is 3.57. The van der Waals surface area contributed by atoms with Gasteiger partial charge in [0, 0.05) is 25.3 Å². The van der Waals surface area contributed by atoms with Gasteiger partial charge >= 0.3 is 0 Å². The maximum Gasteiger partial charge on any atom is 0.253 e. The molecule has 0 radical (unpaired) electrons. The van der Waals surface area contributed by atoms with Crippen molar-refractivity contribution in [1.29, 1.82) is 0 Å². The molecule has 1 aliphatic heterocycles. The van der Waals surface area contributed by atoms with Crippen LogP contribution in [0.15, 0.2) is 18.5 Å². The Balaban J connectivity index is 1.64. The van der Waals surface area contributed by atoms with Gasteiger partial charge in [0.2, 0.25) is 0 Å². The quantitative estimate of drug-likeness (QED) is 0.869. The Hall–Kier alpha value is -1.58. The lowest BCUT2D eigenvalue weighted by atomic mass is 10.1. The van der Waals surface area contributed by atoms with Gasteiger partial charge in [-0.2, -0.15) is 0 Å². The van der Waals surface area contributed by atoms with E-state index < -0.39 is 0 Å². The zero-order valence-electron chi connectivity index (χ0n) is 13.4. The highest BCUT2D eigenvalue weighted by Crippen LogP contribution is 2.21. The second-order valence-electron chi connectivity index (χ2n) is 6.64. The van der Waals surface area contributed by atoms with Crippen LogP contribution in [0.5, 0.6) is 0 Å². The molecule has 1 saturated heterocycles. The minimum atomic E-state index is 0.0401. The second kappa shape index (κ2) is 7.61. The van der Waals surface area contributed by atoms with Gasteiger partial charge in [0.25, 0.3) is 5.91 Å². The van der Waals surface area contributed by atoms with Crippen LogP contribution in [0.1, 0.15) is 68.1 Å². The number of nitrogens with one attached hydrogen (secondary N) is 1. The average Bonchev–Trinajstić information content (AvgIpc) is 2.84. The highest BCUT2D eigenvalue weighted by molar-refractivity contribution is 5.94. The van der Waals surface area contributed by atoms with Crippen LogP contribution < -0.4 is 10.2 Å². The normalized spacial score (nSPS) is 20.5.